The van der Waals surface area contributed by atoms with E-state index in [-0.39, 0.29) is 5.82 Å². The fraction of sp³-hybridized carbons (Fsp3) is 0.0833. The second kappa shape index (κ2) is 5.47. The number of benzene rings is 1. The van der Waals surface area contributed by atoms with Crippen LogP contribution in [0.3, 0.4) is 0 Å². The molecule has 0 aliphatic heterocycles. The second-order valence-electron chi connectivity index (χ2n) is 3.46. The third-order valence-electron chi connectivity index (χ3n) is 2.23. The van der Waals surface area contributed by atoms with Crippen molar-refractivity contribution >= 4 is 33.2 Å². The molecule has 0 atom stereocenters. The zero-order chi connectivity index (χ0) is 12.3. The van der Waals surface area contributed by atoms with Crippen LogP contribution in [0.2, 0.25) is 5.02 Å². The van der Waals surface area contributed by atoms with Crippen molar-refractivity contribution in [2.75, 3.05) is 5.32 Å². The highest BCUT2D eigenvalue weighted by Crippen LogP contribution is 2.21. The van der Waals surface area contributed by atoms with Crippen LogP contribution in [0.4, 0.5) is 10.1 Å². The lowest BCUT2D eigenvalue weighted by molar-refractivity contribution is 0.619. The van der Waals surface area contributed by atoms with Crippen LogP contribution >= 0.6 is 27.5 Å². The van der Waals surface area contributed by atoms with Crippen molar-refractivity contribution in [2.24, 2.45) is 0 Å². The minimum atomic E-state index is -0.276. The molecule has 0 fully saturated rings. The summed E-state index contributed by atoms with van der Waals surface area (Å²) >= 11 is 9.07. The van der Waals surface area contributed by atoms with Gasteiger partial charge < -0.3 is 5.32 Å². The van der Waals surface area contributed by atoms with Gasteiger partial charge in [-0.3, -0.25) is 4.98 Å². The quantitative estimate of drug-likeness (QED) is 0.916. The molecule has 2 rings (SSSR count). The lowest BCUT2D eigenvalue weighted by atomic mass is 10.2. The first kappa shape index (κ1) is 12.3. The molecule has 0 spiro atoms. The fourth-order valence-corrected chi connectivity index (χ4v) is 1.77. The molecule has 2 nitrogen and oxygen atoms in total. The Morgan fingerprint density at radius 2 is 2.18 bits per heavy atom. The molecule has 0 aliphatic carbocycles. The number of nitrogens with one attached hydrogen (secondary N) is 1. The molecule has 17 heavy (non-hydrogen) atoms. The molecule has 0 radical (unpaired) electrons. The van der Waals surface area contributed by atoms with Crippen molar-refractivity contribution in [3.8, 4) is 0 Å². The van der Waals surface area contributed by atoms with Crippen LogP contribution in [0.5, 0.6) is 0 Å². The van der Waals surface area contributed by atoms with Crippen molar-refractivity contribution < 1.29 is 4.39 Å². The lowest BCUT2D eigenvalue weighted by Crippen LogP contribution is -2.00. The number of aromatic nitrogens is 1. The molecule has 0 bridgehead atoms. The minimum absolute atomic E-state index is 0.276. The van der Waals surface area contributed by atoms with Crippen LogP contribution in [0.1, 0.15) is 5.56 Å². The molecule has 88 valence electrons. The first-order valence-electron chi connectivity index (χ1n) is 4.94. The summed E-state index contributed by atoms with van der Waals surface area (Å²) in [5.41, 5.74) is 1.57. The Morgan fingerprint density at radius 1 is 1.35 bits per heavy atom. The van der Waals surface area contributed by atoms with Crippen molar-refractivity contribution in [1.82, 2.24) is 4.98 Å². The number of hydrogen-bond acceptors (Lipinski definition) is 2. The van der Waals surface area contributed by atoms with Gasteiger partial charge in [-0.1, -0.05) is 17.7 Å². The standard InChI is InChI=1S/C12H9BrClFN2/c13-9-2-1-8(5-11(9)15)6-17-12-7-16-4-3-10(12)14/h1-5,7,17H,6H2. The highest BCUT2D eigenvalue weighted by Gasteiger charge is 2.02. The van der Waals surface area contributed by atoms with Gasteiger partial charge in [0.2, 0.25) is 0 Å². The predicted molar refractivity (Wildman–Crippen MR) is 70.7 cm³/mol. The Hall–Kier alpha value is -1.13. The average Bonchev–Trinajstić information content (AvgIpc) is 2.32. The van der Waals surface area contributed by atoms with Gasteiger partial charge in [-0.15, -0.1) is 0 Å². The summed E-state index contributed by atoms with van der Waals surface area (Å²) in [6, 6.07) is 6.69. The Balaban J connectivity index is 2.08. The van der Waals surface area contributed by atoms with Gasteiger partial charge in [-0.25, -0.2) is 4.39 Å². The molecule has 5 heteroatoms. The maximum Gasteiger partial charge on any atom is 0.137 e. The van der Waals surface area contributed by atoms with Crippen molar-refractivity contribution in [3.63, 3.8) is 0 Å². The topological polar surface area (TPSA) is 24.9 Å². The fourth-order valence-electron chi connectivity index (χ4n) is 1.35. The summed E-state index contributed by atoms with van der Waals surface area (Å²) in [5.74, 6) is -0.276. The molecule has 1 aromatic heterocycles. The van der Waals surface area contributed by atoms with E-state index in [1.807, 2.05) is 6.07 Å². The monoisotopic (exact) mass is 314 g/mol. The van der Waals surface area contributed by atoms with Crippen molar-refractivity contribution in [1.29, 1.82) is 0 Å². The van der Waals surface area contributed by atoms with E-state index in [0.29, 0.717) is 16.0 Å². The van der Waals surface area contributed by atoms with Crippen LogP contribution < -0.4 is 5.32 Å². The van der Waals surface area contributed by atoms with Gasteiger partial charge in [0, 0.05) is 12.7 Å². The summed E-state index contributed by atoms with van der Waals surface area (Å²) in [4.78, 5) is 3.96. The second-order valence-corrected chi connectivity index (χ2v) is 4.72. The van der Waals surface area contributed by atoms with Crippen molar-refractivity contribution in [3.05, 3.63) is 57.5 Å². The van der Waals surface area contributed by atoms with Gasteiger partial charge in [0.15, 0.2) is 0 Å². The Labute approximate surface area is 112 Å². The molecule has 0 saturated heterocycles. The first-order chi connectivity index (χ1) is 8.16. The number of anilines is 1. The molecular formula is C12H9BrClFN2. The van der Waals surface area contributed by atoms with E-state index in [0.717, 1.165) is 11.3 Å². The molecule has 0 amide bonds. The Morgan fingerprint density at radius 3 is 2.88 bits per heavy atom. The molecule has 2 aromatic rings. The summed E-state index contributed by atoms with van der Waals surface area (Å²) in [6.45, 7) is 0.496. The number of pyridine rings is 1. The highest BCUT2D eigenvalue weighted by atomic mass is 79.9. The van der Waals surface area contributed by atoms with Crippen LogP contribution in [0.15, 0.2) is 41.1 Å². The van der Waals surface area contributed by atoms with Crippen LogP contribution in [-0.4, -0.2) is 4.98 Å². The number of hydrogen-bond donors (Lipinski definition) is 1. The van der Waals surface area contributed by atoms with Crippen molar-refractivity contribution in [2.45, 2.75) is 6.54 Å². The molecular weight excluding hydrogens is 307 g/mol. The van der Waals surface area contributed by atoms with Gasteiger partial charge in [0.25, 0.3) is 0 Å². The van der Waals surface area contributed by atoms with Gasteiger partial charge in [0.1, 0.15) is 5.82 Å². The Kier molecular flexibility index (Phi) is 3.97. The summed E-state index contributed by atoms with van der Waals surface area (Å²) in [7, 11) is 0. The first-order valence-corrected chi connectivity index (χ1v) is 6.11. The minimum Gasteiger partial charge on any atom is -0.379 e. The smallest absolute Gasteiger partial charge is 0.137 e. The zero-order valence-electron chi connectivity index (χ0n) is 8.75. The molecule has 0 saturated carbocycles. The van der Waals surface area contributed by atoms with E-state index in [1.165, 1.54) is 6.07 Å². The average molecular weight is 316 g/mol. The van der Waals surface area contributed by atoms with Gasteiger partial charge >= 0.3 is 0 Å². The molecule has 0 aliphatic rings. The Bertz CT molecular complexity index is 534. The lowest BCUT2D eigenvalue weighted by Gasteiger charge is -2.08. The molecule has 1 N–H and O–H groups in total. The molecule has 0 unspecified atom stereocenters. The van der Waals surface area contributed by atoms with E-state index < -0.39 is 0 Å². The molecule has 1 aromatic carbocycles. The van der Waals surface area contributed by atoms with Gasteiger partial charge in [0.05, 0.1) is 21.4 Å². The SMILES string of the molecule is Fc1cc(CNc2cnccc2Cl)ccc1Br. The maximum atomic E-state index is 13.3. The van der Waals surface area contributed by atoms with Crippen LogP contribution in [0.25, 0.3) is 0 Å². The van der Waals surface area contributed by atoms with E-state index in [2.05, 4.69) is 26.2 Å². The number of rotatable bonds is 3. The summed E-state index contributed by atoms with van der Waals surface area (Å²) < 4.78 is 13.7. The normalized spacial score (nSPS) is 10.3. The van der Waals surface area contributed by atoms with E-state index in [4.69, 9.17) is 11.6 Å². The summed E-state index contributed by atoms with van der Waals surface area (Å²) in [5, 5.41) is 3.69. The number of nitrogens with zero attached hydrogens (tertiary/aromatic N) is 1. The van der Waals surface area contributed by atoms with Gasteiger partial charge in [-0.05, 0) is 39.7 Å². The number of halogens is 3. The van der Waals surface area contributed by atoms with Crippen LogP contribution in [0, 0.1) is 5.82 Å². The third-order valence-corrected chi connectivity index (χ3v) is 3.21. The maximum absolute atomic E-state index is 13.3. The third kappa shape index (κ3) is 3.17. The highest BCUT2D eigenvalue weighted by molar-refractivity contribution is 9.10. The zero-order valence-corrected chi connectivity index (χ0v) is 11.1. The predicted octanol–water partition coefficient (Wildman–Crippen LogP) is 4.25. The van der Waals surface area contributed by atoms with E-state index in [9.17, 15) is 4.39 Å². The molecule has 1 heterocycles. The largest absolute Gasteiger partial charge is 0.379 e. The van der Waals surface area contributed by atoms with E-state index in [1.54, 1.807) is 24.5 Å². The van der Waals surface area contributed by atoms with Gasteiger partial charge in [-0.2, -0.15) is 0 Å². The summed E-state index contributed by atoms with van der Waals surface area (Å²) in [6.07, 6.45) is 3.25. The van der Waals surface area contributed by atoms with E-state index >= 15 is 0 Å². The van der Waals surface area contributed by atoms with Crippen LogP contribution in [-0.2, 0) is 6.54 Å².